The standard InChI is InChI=1S/C13H27O2.HI.Mg/c1-3-5-7-8-10-12-15-13-14-11-9-6-4-2;;/h4H,3,5-13H2,1-2H3;1H;/q;;+1/p-1. The second kappa shape index (κ2) is 15.5. The molecular formula is C13H27IMgO2. The van der Waals surface area contributed by atoms with Crippen molar-refractivity contribution in [2.24, 2.45) is 0 Å². The number of rotatable bonds is 13. The summed E-state index contributed by atoms with van der Waals surface area (Å²) in [6.07, 6.45) is 9.01. The summed E-state index contributed by atoms with van der Waals surface area (Å²) in [5.74, 6) is 0. The van der Waals surface area contributed by atoms with Gasteiger partial charge >= 0.3 is 16.5 Å². The first-order valence-electron chi connectivity index (χ1n) is 7.02. The Balaban J connectivity index is 2.94. The zero-order valence-electron chi connectivity index (χ0n) is 11.5. The molecule has 0 bridgehead atoms. The zero-order chi connectivity index (χ0) is 12.8. The molecule has 0 aromatic carbocycles. The van der Waals surface area contributed by atoms with Gasteiger partial charge in [0.15, 0.2) is 0 Å². The fourth-order valence-electron chi connectivity index (χ4n) is 1.60. The molecule has 17 heavy (non-hydrogen) atoms. The van der Waals surface area contributed by atoms with Crippen LogP contribution in [0.3, 0.4) is 0 Å². The van der Waals surface area contributed by atoms with Gasteiger partial charge in [0.1, 0.15) is 6.79 Å². The van der Waals surface area contributed by atoms with E-state index < -0.39 is 0 Å². The number of unbranched alkanes of at least 4 members (excludes halogenated alkanes) is 4. The molecule has 0 radical (unpaired) electrons. The third kappa shape index (κ3) is 15.4. The first-order valence-corrected chi connectivity index (χ1v) is 13.0. The molecule has 0 aliphatic rings. The number of ether oxygens (including phenoxy) is 2. The Kier molecular flexibility index (Phi) is 16.8. The van der Waals surface area contributed by atoms with E-state index in [0.717, 1.165) is 17.3 Å². The molecule has 0 heterocycles. The van der Waals surface area contributed by atoms with E-state index in [0.29, 0.717) is 6.79 Å². The molecule has 0 rings (SSSR count). The first-order chi connectivity index (χ1) is 8.31. The van der Waals surface area contributed by atoms with Gasteiger partial charge < -0.3 is 28.3 Å². The highest BCUT2D eigenvalue weighted by Crippen LogP contribution is 2.12. The third-order valence-corrected chi connectivity index (χ3v) is 8.25. The van der Waals surface area contributed by atoms with Gasteiger partial charge in [-0.3, -0.25) is 0 Å². The molecule has 0 aromatic rings. The average Bonchev–Trinajstić information content (AvgIpc) is 2.35. The van der Waals surface area contributed by atoms with E-state index in [2.05, 4.69) is 32.7 Å². The maximum Gasteiger partial charge on any atom is 0.466 e. The van der Waals surface area contributed by atoms with Gasteiger partial charge in [0.25, 0.3) is 0 Å². The van der Waals surface area contributed by atoms with Crippen molar-refractivity contribution >= 4 is 35.3 Å². The highest BCUT2D eigenvalue weighted by atomic mass is 127. The smallest absolute Gasteiger partial charge is 0.355 e. The minimum Gasteiger partial charge on any atom is -0.355 e. The molecule has 1 unspecified atom stereocenters. The summed E-state index contributed by atoms with van der Waals surface area (Å²) >= 11 is 2.74. The fraction of sp³-hybridized carbons (Fsp3) is 1.00. The first kappa shape index (κ1) is 18.4. The topological polar surface area (TPSA) is 18.5 Å². The third-order valence-electron chi connectivity index (χ3n) is 2.81. The van der Waals surface area contributed by atoms with Crippen molar-refractivity contribution in [3.8, 4) is 0 Å². The summed E-state index contributed by atoms with van der Waals surface area (Å²) in [5.41, 5.74) is 0. The maximum atomic E-state index is 5.45. The number of halogens is 1. The Morgan fingerprint density at radius 3 is 2.29 bits per heavy atom. The summed E-state index contributed by atoms with van der Waals surface area (Å²) in [4.78, 5) is 0. The van der Waals surface area contributed by atoms with Crippen LogP contribution in [0.25, 0.3) is 0 Å². The summed E-state index contributed by atoms with van der Waals surface area (Å²) in [6, 6.07) is 0. The van der Waals surface area contributed by atoms with Gasteiger partial charge in [0.05, 0.1) is 0 Å². The van der Waals surface area contributed by atoms with Crippen molar-refractivity contribution in [3.63, 3.8) is 0 Å². The van der Waals surface area contributed by atoms with Crippen LogP contribution in [0, 0.1) is 0 Å². The van der Waals surface area contributed by atoms with Gasteiger partial charge in [-0.2, -0.15) is 0 Å². The van der Waals surface area contributed by atoms with Crippen molar-refractivity contribution in [1.29, 1.82) is 0 Å². The van der Waals surface area contributed by atoms with Crippen molar-refractivity contribution in [1.82, 2.24) is 0 Å². The Hall–Kier alpha value is 1.42. The van der Waals surface area contributed by atoms with Gasteiger partial charge in [0.2, 0.25) is 0 Å². The Morgan fingerprint density at radius 2 is 1.65 bits per heavy atom. The van der Waals surface area contributed by atoms with E-state index in [9.17, 15) is 0 Å². The van der Waals surface area contributed by atoms with Crippen molar-refractivity contribution in [2.45, 2.75) is 62.8 Å². The normalized spacial score (nSPS) is 12.4. The second-order valence-corrected chi connectivity index (χ2v) is 9.10. The van der Waals surface area contributed by atoms with Crippen LogP contribution < -0.4 is 0 Å². The largest absolute Gasteiger partial charge is 0.466 e. The second-order valence-electron chi connectivity index (χ2n) is 4.75. The van der Waals surface area contributed by atoms with E-state index in [1.807, 2.05) is 0 Å². The monoisotopic (exact) mass is 366 g/mol. The van der Waals surface area contributed by atoms with Gasteiger partial charge in [-0.1, -0.05) is 46.0 Å². The van der Waals surface area contributed by atoms with Crippen molar-refractivity contribution < 1.29 is 9.47 Å². The molecule has 0 aromatic heterocycles. The summed E-state index contributed by atoms with van der Waals surface area (Å²) in [7, 11) is 0. The molecule has 0 aliphatic carbocycles. The molecule has 4 heteroatoms. The van der Waals surface area contributed by atoms with Gasteiger partial charge in [-0.25, -0.2) is 0 Å². The quantitative estimate of drug-likeness (QED) is 0.205. The highest BCUT2D eigenvalue weighted by molar-refractivity contribution is 14.1. The van der Waals surface area contributed by atoms with E-state index in [1.54, 1.807) is 0 Å². The lowest BCUT2D eigenvalue weighted by Crippen LogP contribution is -2.04. The lowest BCUT2D eigenvalue weighted by atomic mass is 10.2. The molecule has 0 saturated carbocycles. The average molecular weight is 367 g/mol. The van der Waals surface area contributed by atoms with Crippen molar-refractivity contribution in [3.05, 3.63) is 0 Å². The van der Waals surface area contributed by atoms with Crippen molar-refractivity contribution in [2.75, 3.05) is 20.0 Å². The molecule has 0 spiro atoms. The van der Waals surface area contributed by atoms with Crippen LogP contribution in [0.5, 0.6) is 0 Å². The van der Waals surface area contributed by atoms with Crippen LogP contribution in [0.4, 0.5) is 0 Å². The fourth-order valence-corrected chi connectivity index (χ4v) is 3.36. The van der Waals surface area contributed by atoms with Crippen LogP contribution in [0.15, 0.2) is 0 Å². The van der Waals surface area contributed by atoms with Gasteiger partial charge in [0, 0.05) is 13.2 Å². The van der Waals surface area contributed by atoms with Crippen LogP contribution >= 0.6 is 18.9 Å². The Morgan fingerprint density at radius 1 is 1.00 bits per heavy atom. The predicted octanol–water partition coefficient (Wildman–Crippen LogP) is 4.59. The Labute approximate surface area is 127 Å². The van der Waals surface area contributed by atoms with E-state index >= 15 is 0 Å². The summed E-state index contributed by atoms with van der Waals surface area (Å²) in [5, 5.41) is 0. The van der Waals surface area contributed by atoms with Crippen LogP contribution in [0.2, 0.25) is 4.05 Å². The van der Waals surface area contributed by atoms with Gasteiger partial charge in [-0.15, -0.1) is 4.05 Å². The molecule has 0 saturated heterocycles. The molecule has 0 N–H and O–H groups in total. The highest BCUT2D eigenvalue weighted by Gasteiger charge is 2.02. The number of hydrogen-bond donors (Lipinski definition) is 0. The maximum absolute atomic E-state index is 5.45. The van der Waals surface area contributed by atoms with E-state index in [-0.39, 0.29) is 16.5 Å². The molecule has 0 amide bonds. The Bertz CT molecular complexity index is 147. The zero-order valence-corrected chi connectivity index (χ0v) is 15.1. The summed E-state index contributed by atoms with van der Waals surface area (Å²) in [6.45, 7) is 6.81. The molecule has 0 fully saturated rings. The minimum absolute atomic E-state index is 0.163. The van der Waals surface area contributed by atoms with Gasteiger partial charge in [-0.05, 0) is 12.8 Å². The van der Waals surface area contributed by atoms with Crippen LogP contribution in [-0.4, -0.2) is 36.5 Å². The SMILES string of the molecule is CCCCCCCOCOCCC[CH](C)[Mg][I]. The molecule has 100 valence electrons. The molecule has 0 aliphatic heterocycles. The minimum atomic E-state index is 0.163. The molecule has 2 nitrogen and oxygen atoms in total. The predicted molar refractivity (Wildman–Crippen MR) is 84.0 cm³/mol. The van der Waals surface area contributed by atoms with E-state index in [4.69, 9.17) is 9.47 Å². The number of hydrogen-bond acceptors (Lipinski definition) is 2. The van der Waals surface area contributed by atoms with Crippen LogP contribution in [-0.2, 0) is 9.47 Å². The lowest BCUT2D eigenvalue weighted by molar-refractivity contribution is -0.0555. The molecular weight excluding hydrogens is 339 g/mol. The van der Waals surface area contributed by atoms with Crippen LogP contribution in [0.1, 0.15) is 58.8 Å². The molecule has 1 atom stereocenters. The van der Waals surface area contributed by atoms with E-state index in [1.165, 1.54) is 44.9 Å². The lowest BCUT2D eigenvalue weighted by Gasteiger charge is -2.08. The summed E-state index contributed by atoms with van der Waals surface area (Å²) < 4.78 is 11.8.